The molecule has 0 spiro atoms. The fourth-order valence-electron chi connectivity index (χ4n) is 3.57. The molecule has 1 heterocycles. The SMILES string of the molecule is CC1CCc2ccccc2N1C(=O)C1CCCCC1. The maximum Gasteiger partial charge on any atom is 0.230 e. The highest BCUT2D eigenvalue weighted by Gasteiger charge is 2.32. The monoisotopic (exact) mass is 257 g/mol. The molecule has 3 rings (SSSR count). The fourth-order valence-corrected chi connectivity index (χ4v) is 3.57. The zero-order chi connectivity index (χ0) is 13.2. The second-order valence-corrected chi connectivity index (χ2v) is 6.06. The van der Waals surface area contributed by atoms with Gasteiger partial charge in [0.05, 0.1) is 0 Å². The van der Waals surface area contributed by atoms with E-state index in [-0.39, 0.29) is 5.92 Å². The van der Waals surface area contributed by atoms with Crippen molar-refractivity contribution in [2.24, 2.45) is 5.92 Å². The number of benzene rings is 1. The quantitative estimate of drug-likeness (QED) is 0.746. The molecule has 102 valence electrons. The van der Waals surface area contributed by atoms with Crippen LogP contribution in [0.25, 0.3) is 0 Å². The second kappa shape index (κ2) is 5.36. The predicted molar refractivity (Wildman–Crippen MR) is 78.3 cm³/mol. The van der Waals surface area contributed by atoms with E-state index < -0.39 is 0 Å². The average Bonchev–Trinajstić information content (AvgIpc) is 2.47. The Bertz CT molecular complexity index is 462. The number of hydrogen-bond donors (Lipinski definition) is 0. The molecule has 1 atom stereocenters. The summed E-state index contributed by atoms with van der Waals surface area (Å²) in [5.74, 6) is 0.640. The third-order valence-electron chi connectivity index (χ3n) is 4.72. The van der Waals surface area contributed by atoms with Gasteiger partial charge in [0.2, 0.25) is 5.91 Å². The Balaban J connectivity index is 1.88. The van der Waals surface area contributed by atoms with Crippen molar-refractivity contribution in [2.75, 3.05) is 4.90 Å². The van der Waals surface area contributed by atoms with Gasteiger partial charge in [0.15, 0.2) is 0 Å². The molecule has 1 aliphatic heterocycles. The molecule has 2 heteroatoms. The van der Waals surface area contributed by atoms with E-state index in [2.05, 4.69) is 36.1 Å². The van der Waals surface area contributed by atoms with Crippen LogP contribution in [0.1, 0.15) is 51.0 Å². The Morgan fingerprint density at radius 3 is 2.63 bits per heavy atom. The molecule has 1 aromatic carbocycles. The summed E-state index contributed by atoms with van der Waals surface area (Å²) in [5.41, 5.74) is 2.50. The lowest BCUT2D eigenvalue weighted by molar-refractivity contribution is -0.123. The largest absolute Gasteiger partial charge is 0.309 e. The average molecular weight is 257 g/mol. The molecule has 1 fully saturated rings. The highest BCUT2D eigenvalue weighted by Crippen LogP contribution is 2.34. The number of fused-ring (bicyclic) bond motifs is 1. The van der Waals surface area contributed by atoms with Gasteiger partial charge in [-0.25, -0.2) is 0 Å². The van der Waals surface area contributed by atoms with Crippen molar-refractivity contribution in [1.82, 2.24) is 0 Å². The summed E-state index contributed by atoms with van der Waals surface area (Å²) < 4.78 is 0. The first-order chi connectivity index (χ1) is 9.27. The Hall–Kier alpha value is -1.31. The van der Waals surface area contributed by atoms with Gasteiger partial charge in [-0.05, 0) is 44.2 Å². The number of anilines is 1. The standard InChI is InChI=1S/C17H23NO/c1-13-11-12-14-7-5-6-10-16(14)18(13)17(19)15-8-3-2-4-9-15/h5-7,10,13,15H,2-4,8-9,11-12H2,1H3. The van der Waals surface area contributed by atoms with E-state index in [9.17, 15) is 4.79 Å². The highest BCUT2D eigenvalue weighted by atomic mass is 16.2. The van der Waals surface area contributed by atoms with Gasteiger partial charge in [0.1, 0.15) is 0 Å². The third-order valence-corrected chi connectivity index (χ3v) is 4.72. The lowest BCUT2D eigenvalue weighted by atomic mass is 9.86. The molecule has 0 radical (unpaired) electrons. The van der Waals surface area contributed by atoms with Crippen molar-refractivity contribution in [2.45, 2.75) is 57.9 Å². The molecule has 1 unspecified atom stereocenters. The number of nitrogens with zero attached hydrogens (tertiary/aromatic N) is 1. The summed E-state index contributed by atoms with van der Waals surface area (Å²) in [7, 11) is 0. The lowest BCUT2D eigenvalue weighted by Crippen LogP contribution is -2.45. The minimum atomic E-state index is 0.266. The summed E-state index contributed by atoms with van der Waals surface area (Å²) in [6, 6.07) is 8.77. The topological polar surface area (TPSA) is 20.3 Å². The number of para-hydroxylation sites is 1. The van der Waals surface area contributed by atoms with Crippen molar-refractivity contribution in [3.8, 4) is 0 Å². The van der Waals surface area contributed by atoms with Gasteiger partial charge in [-0.1, -0.05) is 37.5 Å². The highest BCUT2D eigenvalue weighted by molar-refractivity contribution is 5.96. The molecule has 2 aliphatic rings. The van der Waals surface area contributed by atoms with Crippen LogP contribution in [0.15, 0.2) is 24.3 Å². The van der Waals surface area contributed by atoms with Crippen LogP contribution in [0.5, 0.6) is 0 Å². The summed E-state index contributed by atoms with van der Waals surface area (Å²) in [6.45, 7) is 2.19. The van der Waals surface area contributed by atoms with Crippen molar-refractivity contribution in [3.63, 3.8) is 0 Å². The molecule has 1 aliphatic carbocycles. The van der Waals surface area contributed by atoms with Gasteiger partial charge in [-0.3, -0.25) is 4.79 Å². The van der Waals surface area contributed by atoms with Gasteiger partial charge in [-0.15, -0.1) is 0 Å². The molecule has 1 saturated carbocycles. The number of rotatable bonds is 1. The summed E-state index contributed by atoms with van der Waals surface area (Å²) in [6.07, 6.45) is 8.12. The Labute approximate surface area is 115 Å². The lowest BCUT2D eigenvalue weighted by Gasteiger charge is -2.38. The summed E-state index contributed by atoms with van der Waals surface area (Å²) in [4.78, 5) is 14.9. The fraction of sp³-hybridized carbons (Fsp3) is 0.588. The Morgan fingerprint density at radius 2 is 1.84 bits per heavy atom. The number of carbonyl (C=O) groups excluding carboxylic acids is 1. The van der Waals surface area contributed by atoms with Crippen molar-refractivity contribution in [3.05, 3.63) is 29.8 Å². The zero-order valence-corrected chi connectivity index (χ0v) is 11.8. The van der Waals surface area contributed by atoms with E-state index >= 15 is 0 Å². The van der Waals surface area contributed by atoms with E-state index in [1.165, 1.54) is 24.8 Å². The smallest absolute Gasteiger partial charge is 0.230 e. The summed E-state index contributed by atoms with van der Waals surface area (Å²) in [5, 5.41) is 0. The first-order valence-corrected chi connectivity index (χ1v) is 7.68. The first kappa shape index (κ1) is 12.7. The van der Waals surface area contributed by atoms with Crippen LogP contribution in [-0.4, -0.2) is 11.9 Å². The zero-order valence-electron chi connectivity index (χ0n) is 11.8. The van der Waals surface area contributed by atoms with Crippen molar-refractivity contribution < 1.29 is 4.79 Å². The second-order valence-electron chi connectivity index (χ2n) is 6.06. The Morgan fingerprint density at radius 1 is 1.11 bits per heavy atom. The summed E-state index contributed by atoms with van der Waals surface area (Å²) >= 11 is 0. The third kappa shape index (κ3) is 2.41. The van der Waals surface area contributed by atoms with Gasteiger partial charge < -0.3 is 4.90 Å². The van der Waals surface area contributed by atoms with Crippen LogP contribution in [0.3, 0.4) is 0 Å². The van der Waals surface area contributed by atoms with Crippen LogP contribution in [-0.2, 0) is 11.2 Å². The molecule has 0 saturated heterocycles. The van der Waals surface area contributed by atoms with Crippen LogP contribution in [0, 0.1) is 5.92 Å². The molecule has 1 aromatic rings. The van der Waals surface area contributed by atoms with Crippen molar-refractivity contribution in [1.29, 1.82) is 0 Å². The van der Waals surface area contributed by atoms with E-state index in [1.807, 2.05) is 0 Å². The van der Waals surface area contributed by atoms with Crippen LogP contribution >= 0.6 is 0 Å². The van der Waals surface area contributed by atoms with Gasteiger partial charge in [-0.2, -0.15) is 0 Å². The maximum absolute atomic E-state index is 12.9. The van der Waals surface area contributed by atoms with E-state index in [1.54, 1.807) is 0 Å². The van der Waals surface area contributed by atoms with E-state index in [4.69, 9.17) is 0 Å². The first-order valence-electron chi connectivity index (χ1n) is 7.68. The Kier molecular flexibility index (Phi) is 3.58. The van der Waals surface area contributed by atoms with Crippen LogP contribution in [0.4, 0.5) is 5.69 Å². The molecule has 0 aromatic heterocycles. The van der Waals surface area contributed by atoms with Gasteiger partial charge in [0.25, 0.3) is 0 Å². The molecule has 1 amide bonds. The molecule has 0 bridgehead atoms. The van der Waals surface area contributed by atoms with Crippen LogP contribution < -0.4 is 4.90 Å². The van der Waals surface area contributed by atoms with Gasteiger partial charge in [0, 0.05) is 17.6 Å². The molecule has 0 N–H and O–H groups in total. The number of hydrogen-bond acceptors (Lipinski definition) is 1. The molecular weight excluding hydrogens is 234 g/mol. The minimum absolute atomic E-state index is 0.266. The minimum Gasteiger partial charge on any atom is -0.309 e. The van der Waals surface area contributed by atoms with Crippen molar-refractivity contribution >= 4 is 11.6 Å². The van der Waals surface area contributed by atoms with Crippen LogP contribution in [0.2, 0.25) is 0 Å². The van der Waals surface area contributed by atoms with E-state index in [0.29, 0.717) is 11.9 Å². The molecule has 2 nitrogen and oxygen atoms in total. The number of amides is 1. The van der Waals surface area contributed by atoms with E-state index in [0.717, 1.165) is 31.4 Å². The number of carbonyl (C=O) groups is 1. The molecular formula is C17H23NO. The normalized spacial score (nSPS) is 24.1. The molecule has 19 heavy (non-hydrogen) atoms. The maximum atomic E-state index is 12.9. The van der Waals surface area contributed by atoms with Gasteiger partial charge >= 0.3 is 0 Å². The predicted octanol–water partition coefficient (Wildman–Crippen LogP) is 3.93. The number of aryl methyl sites for hydroxylation is 1.